The summed E-state index contributed by atoms with van der Waals surface area (Å²) in [5, 5.41) is 20.9. The number of anilines is 2. The van der Waals surface area contributed by atoms with Gasteiger partial charge in [0.2, 0.25) is 0 Å². The van der Waals surface area contributed by atoms with E-state index in [0.29, 0.717) is 24.7 Å². The molecule has 1 aromatic heterocycles. The van der Waals surface area contributed by atoms with E-state index in [1.807, 2.05) is 0 Å². The van der Waals surface area contributed by atoms with E-state index in [4.69, 9.17) is 22.3 Å². The molecule has 0 radical (unpaired) electrons. The van der Waals surface area contributed by atoms with Gasteiger partial charge in [0, 0.05) is 13.1 Å². The third-order valence-corrected chi connectivity index (χ3v) is 5.28. The molecule has 1 unspecified atom stereocenters. The summed E-state index contributed by atoms with van der Waals surface area (Å²) >= 11 is 0. The number of nitrogens with zero attached hydrogens (tertiary/aromatic N) is 4. The van der Waals surface area contributed by atoms with Crippen LogP contribution < -0.4 is 22.5 Å². The first-order valence-electron chi connectivity index (χ1n) is 10.3. The first kappa shape index (κ1) is 23.8. The van der Waals surface area contributed by atoms with Gasteiger partial charge in [0.15, 0.2) is 17.5 Å². The number of carbonyl (C=O) groups is 1. The van der Waals surface area contributed by atoms with Gasteiger partial charge in [-0.05, 0) is 45.2 Å². The van der Waals surface area contributed by atoms with Gasteiger partial charge in [0.1, 0.15) is 5.82 Å². The van der Waals surface area contributed by atoms with E-state index in [9.17, 15) is 9.90 Å². The number of guanidine groups is 1. The molecule has 0 aromatic carbocycles. The molecule has 30 heavy (non-hydrogen) atoms. The van der Waals surface area contributed by atoms with Crippen molar-refractivity contribution in [3.8, 4) is 0 Å². The SMILES string of the molecule is Cc1nc(C(=O)NC(N)=NCCCCC2CCN(CC(O)CO)CC2)c(N)nc1N. The highest BCUT2D eigenvalue weighted by molar-refractivity contribution is 6.06. The average Bonchev–Trinajstić information content (AvgIpc) is 2.71. The minimum Gasteiger partial charge on any atom is -0.394 e. The summed E-state index contributed by atoms with van der Waals surface area (Å²) < 4.78 is 0. The van der Waals surface area contributed by atoms with Crippen LogP contribution in [0.4, 0.5) is 11.6 Å². The first-order valence-corrected chi connectivity index (χ1v) is 10.3. The standard InChI is InChI=1S/C19H34N8O3/c1-12-16(20)25-17(21)15(24-12)18(30)26-19(22)23-7-3-2-4-13-5-8-27(9-6-13)10-14(29)11-28/h13-14,28-29H,2-11H2,1H3,(H4,20,21,25)(H3,22,23,26,30). The second-order valence-corrected chi connectivity index (χ2v) is 7.73. The molecule has 2 heterocycles. The Hall–Kier alpha value is -2.50. The van der Waals surface area contributed by atoms with Crippen molar-refractivity contribution in [2.75, 3.05) is 44.3 Å². The topological polar surface area (TPSA) is 189 Å². The van der Waals surface area contributed by atoms with Crippen molar-refractivity contribution in [1.82, 2.24) is 20.2 Å². The molecule has 1 aliphatic heterocycles. The van der Waals surface area contributed by atoms with Gasteiger partial charge in [-0.3, -0.25) is 15.1 Å². The maximum Gasteiger partial charge on any atom is 0.280 e. The summed E-state index contributed by atoms with van der Waals surface area (Å²) in [6.45, 7) is 4.42. The number of amides is 1. The molecule has 1 aromatic rings. The van der Waals surface area contributed by atoms with E-state index < -0.39 is 12.0 Å². The minimum atomic E-state index is -0.655. The van der Waals surface area contributed by atoms with E-state index in [0.717, 1.165) is 45.2 Å². The molecule has 11 nitrogen and oxygen atoms in total. The fourth-order valence-electron chi connectivity index (χ4n) is 3.49. The lowest BCUT2D eigenvalue weighted by molar-refractivity contribution is 0.0467. The molecule has 1 fully saturated rings. The number of aliphatic hydroxyl groups is 2. The van der Waals surface area contributed by atoms with Crippen LogP contribution in [0.25, 0.3) is 0 Å². The largest absolute Gasteiger partial charge is 0.394 e. The number of carbonyl (C=O) groups excluding carboxylic acids is 1. The highest BCUT2D eigenvalue weighted by Gasteiger charge is 2.20. The average molecular weight is 423 g/mol. The maximum absolute atomic E-state index is 12.2. The van der Waals surface area contributed by atoms with Crippen molar-refractivity contribution in [3.05, 3.63) is 11.4 Å². The summed E-state index contributed by atoms with van der Waals surface area (Å²) in [7, 11) is 0. The molecule has 0 spiro atoms. The number of aliphatic imine (C=N–C) groups is 1. The number of aryl methyl sites for hydroxylation is 1. The number of hydrogen-bond acceptors (Lipinski definition) is 9. The van der Waals surface area contributed by atoms with Crippen molar-refractivity contribution in [2.24, 2.45) is 16.6 Å². The summed E-state index contributed by atoms with van der Waals surface area (Å²) in [6.07, 6.45) is 4.58. The van der Waals surface area contributed by atoms with Gasteiger partial charge in [0.25, 0.3) is 5.91 Å². The molecule has 1 atom stereocenters. The van der Waals surface area contributed by atoms with Crippen LogP contribution in [0.2, 0.25) is 0 Å². The van der Waals surface area contributed by atoms with Gasteiger partial charge in [-0.15, -0.1) is 0 Å². The molecule has 1 aliphatic rings. The predicted molar refractivity (Wildman–Crippen MR) is 116 cm³/mol. The van der Waals surface area contributed by atoms with Gasteiger partial charge in [-0.25, -0.2) is 9.97 Å². The van der Waals surface area contributed by atoms with Crippen molar-refractivity contribution in [1.29, 1.82) is 0 Å². The Morgan fingerprint density at radius 2 is 1.97 bits per heavy atom. The van der Waals surface area contributed by atoms with Gasteiger partial charge in [-0.1, -0.05) is 12.8 Å². The quantitative estimate of drug-likeness (QED) is 0.168. The Bertz CT molecular complexity index is 735. The molecule has 0 aliphatic carbocycles. The maximum atomic E-state index is 12.2. The molecule has 9 N–H and O–H groups in total. The zero-order chi connectivity index (χ0) is 22.1. The zero-order valence-corrected chi connectivity index (χ0v) is 17.5. The van der Waals surface area contributed by atoms with E-state index >= 15 is 0 Å². The molecule has 1 amide bonds. The second kappa shape index (κ2) is 11.6. The Labute approximate surface area is 176 Å². The zero-order valence-electron chi connectivity index (χ0n) is 17.5. The van der Waals surface area contributed by atoms with Crippen molar-refractivity contribution in [3.63, 3.8) is 0 Å². The van der Waals surface area contributed by atoms with E-state index in [2.05, 4.69) is 25.2 Å². The molecule has 2 rings (SSSR count). The molecule has 1 saturated heterocycles. The van der Waals surface area contributed by atoms with Crippen molar-refractivity contribution < 1.29 is 15.0 Å². The number of hydrogen-bond donors (Lipinski definition) is 6. The van der Waals surface area contributed by atoms with E-state index in [-0.39, 0.29) is 29.9 Å². The Kier molecular flexibility index (Phi) is 9.21. The number of unbranched alkanes of at least 4 members (excludes halogenated alkanes) is 1. The number of aromatic nitrogens is 2. The Morgan fingerprint density at radius 3 is 2.63 bits per heavy atom. The number of β-amino-alcohol motifs (C(OH)–C–C–N with tert-alkyl or cyclic N) is 1. The van der Waals surface area contributed by atoms with Gasteiger partial charge in [-0.2, -0.15) is 0 Å². The van der Waals surface area contributed by atoms with Gasteiger partial charge in [0.05, 0.1) is 18.4 Å². The van der Waals surface area contributed by atoms with Crippen molar-refractivity contribution >= 4 is 23.5 Å². The van der Waals surface area contributed by atoms with Gasteiger partial charge >= 0.3 is 0 Å². The minimum absolute atomic E-state index is 0.0198. The Balaban J connectivity index is 1.65. The lowest BCUT2D eigenvalue weighted by Gasteiger charge is -2.32. The number of piperidine rings is 1. The third kappa shape index (κ3) is 7.39. The van der Waals surface area contributed by atoms with Crippen LogP contribution in [-0.4, -0.2) is 75.8 Å². The van der Waals surface area contributed by atoms with Crippen LogP contribution >= 0.6 is 0 Å². The fraction of sp³-hybridized carbons (Fsp3) is 0.684. The monoisotopic (exact) mass is 422 g/mol. The lowest BCUT2D eigenvalue weighted by Crippen LogP contribution is -2.39. The predicted octanol–water partition coefficient (Wildman–Crippen LogP) is -0.771. The van der Waals surface area contributed by atoms with E-state index in [1.165, 1.54) is 0 Å². The molecule has 11 heteroatoms. The first-order chi connectivity index (χ1) is 14.3. The number of aliphatic hydroxyl groups excluding tert-OH is 2. The van der Waals surface area contributed by atoms with Crippen LogP contribution in [0, 0.1) is 12.8 Å². The fourth-order valence-corrected chi connectivity index (χ4v) is 3.49. The second-order valence-electron chi connectivity index (χ2n) is 7.73. The normalized spacial score (nSPS) is 17.1. The summed E-state index contributed by atoms with van der Waals surface area (Å²) in [4.78, 5) is 26.5. The molecular weight excluding hydrogens is 388 g/mol. The summed E-state index contributed by atoms with van der Waals surface area (Å²) in [6, 6.07) is 0. The Morgan fingerprint density at radius 1 is 1.27 bits per heavy atom. The molecule has 0 bridgehead atoms. The highest BCUT2D eigenvalue weighted by atomic mass is 16.3. The molecule has 168 valence electrons. The smallest absolute Gasteiger partial charge is 0.280 e. The molecule has 0 saturated carbocycles. The summed E-state index contributed by atoms with van der Waals surface area (Å²) in [5.41, 5.74) is 17.5. The number of rotatable bonds is 9. The summed E-state index contributed by atoms with van der Waals surface area (Å²) in [5.74, 6) is 0.247. The highest BCUT2D eigenvalue weighted by Crippen LogP contribution is 2.22. The van der Waals surface area contributed by atoms with Crippen LogP contribution in [0.1, 0.15) is 48.3 Å². The number of likely N-dealkylation sites (tertiary alicyclic amines) is 1. The van der Waals surface area contributed by atoms with Crippen LogP contribution in [0.15, 0.2) is 4.99 Å². The van der Waals surface area contributed by atoms with Crippen LogP contribution in [0.3, 0.4) is 0 Å². The van der Waals surface area contributed by atoms with E-state index in [1.54, 1.807) is 6.92 Å². The number of nitrogen functional groups attached to an aromatic ring is 2. The lowest BCUT2D eigenvalue weighted by atomic mass is 9.91. The molecular formula is C19H34N8O3. The van der Waals surface area contributed by atoms with Crippen LogP contribution in [0.5, 0.6) is 0 Å². The van der Waals surface area contributed by atoms with Crippen LogP contribution in [-0.2, 0) is 0 Å². The van der Waals surface area contributed by atoms with Gasteiger partial charge < -0.3 is 32.3 Å². The number of nitrogens with two attached hydrogens (primary N) is 3. The van der Waals surface area contributed by atoms with Crippen molar-refractivity contribution in [2.45, 2.75) is 45.1 Å². The third-order valence-electron chi connectivity index (χ3n) is 5.28. The number of nitrogens with one attached hydrogen (secondary N) is 1.